The molecule has 3 aliphatic rings. The van der Waals surface area contributed by atoms with Gasteiger partial charge in [-0.15, -0.1) is 0 Å². The van der Waals surface area contributed by atoms with Crippen LogP contribution in [0.4, 0.5) is 0 Å². The minimum atomic E-state index is -1.11. The summed E-state index contributed by atoms with van der Waals surface area (Å²) in [6.07, 6.45) is 2.13. The molecule has 2 aliphatic heterocycles. The molecule has 1 aromatic carbocycles. The van der Waals surface area contributed by atoms with Crippen LogP contribution in [-0.4, -0.2) is 94.6 Å². The minimum absolute atomic E-state index is 0.131. The van der Waals surface area contributed by atoms with Gasteiger partial charge in [-0.3, -0.25) is 0 Å². The van der Waals surface area contributed by atoms with Gasteiger partial charge in [0.25, 0.3) is 0 Å². The number of nitrogens with zero attached hydrogens (tertiary/aromatic N) is 1. The number of fused-ring (bicyclic) bond motifs is 1. The van der Waals surface area contributed by atoms with E-state index in [0.717, 1.165) is 17.7 Å². The number of ether oxygens (including phenoxy) is 6. The van der Waals surface area contributed by atoms with Crippen LogP contribution in [0, 0.1) is 6.92 Å². The zero-order valence-corrected chi connectivity index (χ0v) is 21.3. The molecule has 1 aromatic rings. The van der Waals surface area contributed by atoms with Crippen molar-refractivity contribution in [3.05, 3.63) is 35.1 Å². The second-order valence-electron chi connectivity index (χ2n) is 9.53. The number of aliphatic hydroxyl groups is 1. The number of rotatable bonds is 10. The van der Waals surface area contributed by atoms with Gasteiger partial charge in [0.2, 0.25) is 0 Å². The Morgan fingerprint density at radius 2 is 1.94 bits per heavy atom. The number of likely N-dealkylation sites (N-methyl/N-ethyl adjacent to an activating group) is 1. The van der Waals surface area contributed by atoms with E-state index in [2.05, 4.69) is 4.90 Å². The predicted molar refractivity (Wildman–Crippen MR) is 128 cm³/mol. The van der Waals surface area contributed by atoms with Crippen LogP contribution in [0.1, 0.15) is 30.9 Å². The topological polar surface area (TPSA) is 95.9 Å². The molecule has 1 N–H and O–H groups in total. The van der Waals surface area contributed by atoms with E-state index in [4.69, 9.17) is 28.4 Å². The highest BCUT2D eigenvalue weighted by Crippen LogP contribution is 2.62. The van der Waals surface area contributed by atoms with Crippen molar-refractivity contribution >= 4 is 5.97 Å². The maximum atomic E-state index is 12.7. The SMILES string of the molecule is COCCOCCOCC(=O)OC1=CCC2(O)C(C)N(C)CCC23c2c(C)ccc(OC)c2OC13. The van der Waals surface area contributed by atoms with Crippen molar-refractivity contribution in [3.8, 4) is 11.5 Å². The lowest BCUT2D eigenvalue weighted by Crippen LogP contribution is -2.71. The second-order valence-corrected chi connectivity index (χ2v) is 9.53. The molecule has 1 aliphatic carbocycles. The quantitative estimate of drug-likeness (QED) is 0.389. The fourth-order valence-electron chi connectivity index (χ4n) is 5.83. The van der Waals surface area contributed by atoms with E-state index in [-0.39, 0.29) is 19.3 Å². The van der Waals surface area contributed by atoms with Crippen LogP contribution >= 0.6 is 0 Å². The van der Waals surface area contributed by atoms with Crippen LogP contribution in [-0.2, 0) is 29.2 Å². The molecule has 1 spiro atoms. The number of carbonyl (C=O) groups is 1. The molecule has 2 heterocycles. The van der Waals surface area contributed by atoms with Crippen LogP contribution < -0.4 is 9.47 Å². The summed E-state index contributed by atoms with van der Waals surface area (Å²) in [4.78, 5) is 14.8. The second kappa shape index (κ2) is 10.4. The Morgan fingerprint density at radius 3 is 2.69 bits per heavy atom. The normalized spacial score (nSPS) is 29.5. The molecular formula is C26H37NO8. The van der Waals surface area contributed by atoms with Gasteiger partial charge < -0.3 is 38.4 Å². The third-order valence-electron chi connectivity index (χ3n) is 7.79. The number of carbonyl (C=O) groups excluding carboxylic acids is 1. The van der Waals surface area contributed by atoms with Crippen molar-refractivity contribution in [1.29, 1.82) is 0 Å². The van der Waals surface area contributed by atoms with Gasteiger partial charge >= 0.3 is 5.97 Å². The molecule has 9 nitrogen and oxygen atoms in total. The number of likely N-dealkylation sites (tertiary alicyclic amines) is 1. The summed E-state index contributed by atoms with van der Waals surface area (Å²) in [7, 11) is 5.23. The van der Waals surface area contributed by atoms with Crippen molar-refractivity contribution in [2.45, 2.75) is 49.9 Å². The molecule has 194 valence electrons. The Balaban J connectivity index is 1.57. The van der Waals surface area contributed by atoms with E-state index in [1.807, 2.05) is 33.0 Å². The summed E-state index contributed by atoms with van der Waals surface area (Å²) in [6.45, 7) is 6.24. The van der Waals surface area contributed by atoms with Gasteiger partial charge in [-0.2, -0.15) is 0 Å². The Kier molecular flexibility index (Phi) is 7.73. The number of methoxy groups -OCH3 is 2. The first kappa shape index (κ1) is 25.9. The summed E-state index contributed by atoms with van der Waals surface area (Å²) in [5, 5.41) is 12.2. The minimum Gasteiger partial charge on any atom is -0.493 e. The van der Waals surface area contributed by atoms with Crippen molar-refractivity contribution in [2.75, 3.05) is 60.8 Å². The predicted octanol–water partition coefficient (Wildman–Crippen LogP) is 1.97. The summed E-state index contributed by atoms with van der Waals surface area (Å²) in [6, 6.07) is 3.74. The number of piperidine rings is 1. The Morgan fingerprint density at radius 1 is 1.20 bits per heavy atom. The van der Waals surface area contributed by atoms with Crippen LogP contribution in [0.3, 0.4) is 0 Å². The molecule has 0 bridgehead atoms. The number of esters is 1. The van der Waals surface area contributed by atoms with Crippen LogP contribution in [0.15, 0.2) is 24.0 Å². The van der Waals surface area contributed by atoms with E-state index in [1.54, 1.807) is 20.3 Å². The van der Waals surface area contributed by atoms with E-state index in [0.29, 0.717) is 49.9 Å². The maximum Gasteiger partial charge on any atom is 0.337 e. The number of hydrogen-bond donors (Lipinski definition) is 1. The molecule has 9 heteroatoms. The molecule has 35 heavy (non-hydrogen) atoms. The molecule has 4 rings (SSSR count). The molecule has 1 fully saturated rings. The van der Waals surface area contributed by atoms with Gasteiger partial charge in [0.1, 0.15) is 12.4 Å². The summed E-state index contributed by atoms with van der Waals surface area (Å²) in [5.41, 5.74) is 0.0741. The molecule has 1 saturated heterocycles. The fourth-order valence-corrected chi connectivity index (χ4v) is 5.83. The third-order valence-corrected chi connectivity index (χ3v) is 7.79. The highest BCUT2D eigenvalue weighted by atomic mass is 16.6. The number of aryl methyl sites for hydroxylation is 1. The summed E-state index contributed by atoms with van der Waals surface area (Å²) in [5.74, 6) is 1.11. The van der Waals surface area contributed by atoms with Crippen LogP contribution in [0.25, 0.3) is 0 Å². The average molecular weight is 492 g/mol. The maximum absolute atomic E-state index is 12.7. The zero-order chi connectivity index (χ0) is 25.2. The van der Waals surface area contributed by atoms with Crippen LogP contribution in [0.5, 0.6) is 11.5 Å². The molecule has 0 amide bonds. The average Bonchev–Trinajstić information content (AvgIpc) is 3.21. The first-order valence-electron chi connectivity index (χ1n) is 12.1. The lowest BCUT2D eigenvalue weighted by molar-refractivity contribution is -0.164. The van der Waals surface area contributed by atoms with Crippen molar-refractivity contribution < 1.29 is 38.3 Å². The fraction of sp³-hybridized carbons (Fsp3) is 0.654. The molecular weight excluding hydrogens is 454 g/mol. The van der Waals surface area contributed by atoms with Gasteiger partial charge in [-0.05, 0) is 51.6 Å². The van der Waals surface area contributed by atoms with Gasteiger partial charge in [0, 0.05) is 25.1 Å². The van der Waals surface area contributed by atoms with Gasteiger partial charge in [0.15, 0.2) is 17.6 Å². The van der Waals surface area contributed by atoms with E-state index < -0.39 is 23.1 Å². The smallest absolute Gasteiger partial charge is 0.337 e. The van der Waals surface area contributed by atoms with E-state index in [9.17, 15) is 9.90 Å². The highest BCUT2D eigenvalue weighted by molar-refractivity contribution is 5.72. The van der Waals surface area contributed by atoms with Gasteiger partial charge in [-0.25, -0.2) is 4.79 Å². The van der Waals surface area contributed by atoms with Crippen molar-refractivity contribution in [3.63, 3.8) is 0 Å². The lowest BCUT2D eigenvalue weighted by Gasteiger charge is -2.58. The largest absolute Gasteiger partial charge is 0.493 e. The Hall–Kier alpha value is -2.17. The summed E-state index contributed by atoms with van der Waals surface area (Å²) >= 11 is 0. The first-order valence-corrected chi connectivity index (χ1v) is 12.1. The molecule has 0 saturated carbocycles. The van der Waals surface area contributed by atoms with E-state index in [1.165, 1.54) is 0 Å². The lowest BCUT2D eigenvalue weighted by atomic mass is 9.54. The summed E-state index contributed by atoms with van der Waals surface area (Å²) < 4.78 is 33.6. The third kappa shape index (κ3) is 4.34. The van der Waals surface area contributed by atoms with Gasteiger partial charge in [0.05, 0.1) is 44.6 Å². The molecule has 4 unspecified atom stereocenters. The van der Waals surface area contributed by atoms with Gasteiger partial charge in [-0.1, -0.05) is 6.07 Å². The molecule has 0 radical (unpaired) electrons. The molecule has 4 atom stereocenters. The Labute approximate surface area is 206 Å². The highest BCUT2D eigenvalue weighted by Gasteiger charge is 2.69. The van der Waals surface area contributed by atoms with Crippen LogP contribution in [0.2, 0.25) is 0 Å². The van der Waals surface area contributed by atoms with Crippen molar-refractivity contribution in [1.82, 2.24) is 4.90 Å². The van der Waals surface area contributed by atoms with Crippen molar-refractivity contribution in [2.24, 2.45) is 0 Å². The standard InChI is InChI=1S/C26H37NO8/c1-17-6-7-19(31-5)23-22(17)25-10-11-27(3)18(2)26(25,29)9-8-20(24(25)35-23)34-21(28)16-33-15-14-32-13-12-30-4/h6-8,18,24,29H,9-16H2,1-5H3. The monoisotopic (exact) mass is 491 g/mol. The molecule has 0 aromatic heterocycles. The van der Waals surface area contributed by atoms with E-state index >= 15 is 0 Å². The Bertz CT molecular complexity index is 965. The zero-order valence-electron chi connectivity index (χ0n) is 21.3. The number of hydrogen-bond acceptors (Lipinski definition) is 9. The first-order chi connectivity index (χ1) is 16.8. The number of benzene rings is 1.